The van der Waals surface area contributed by atoms with Gasteiger partial charge in [-0.2, -0.15) is 13.2 Å². The second-order valence-electron chi connectivity index (χ2n) is 3.69. The highest BCUT2D eigenvalue weighted by Crippen LogP contribution is 2.37. The summed E-state index contributed by atoms with van der Waals surface area (Å²) in [5.74, 6) is 0.118. The molecule has 1 N–H and O–H groups in total. The molecule has 0 aliphatic heterocycles. The van der Waals surface area contributed by atoms with E-state index >= 15 is 0 Å². The molecule has 0 aliphatic rings. The van der Waals surface area contributed by atoms with E-state index in [1.54, 1.807) is 6.92 Å². The Kier molecular flexibility index (Phi) is 4.43. The van der Waals surface area contributed by atoms with Crippen LogP contribution in [0.25, 0.3) is 0 Å². The van der Waals surface area contributed by atoms with E-state index < -0.39 is 17.8 Å². The first-order valence-corrected chi connectivity index (χ1v) is 5.66. The minimum absolute atomic E-state index is 0.118. The zero-order chi connectivity index (χ0) is 13.2. The Morgan fingerprint density at radius 1 is 1.41 bits per heavy atom. The Hall–Kier alpha value is -0.750. The molecule has 0 saturated heterocycles. The smallest absolute Gasteiger partial charge is 0.416 e. The van der Waals surface area contributed by atoms with Crippen molar-refractivity contribution in [3.05, 3.63) is 27.7 Å². The van der Waals surface area contributed by atoms with Gasteiger partial charge in [0.15, 0.2) is 0 Å². The SMILES string of the molecule is COc1cc(C(F)(F)F)cc(Br)c1CC(C)O. The van der Waals surface area contributed by atoms with Crippen LogP contribution in [-0.4, -0.2) is 18.3 Å². The lowest BCUT2D eigenvalue weighted by Gasteiger charge is -2.15. The third kappa shape index (κ3) is 3.61. The Morgan fingerprint density at radius 2 is 2.00 bits per heavy atom. The van der Waals surface area contributed by atoms with Gasteiger partial charge in [0.2, 0.25) is 0 Å². The molecule has 1 rings (SSSR count). The minimum atomic E-state index is -4.42. The quantitative estimate of drug-likeness (QED) is 0.927. The molecule has 0 heterocycles. The summed E-state index contributed by atoms with van der Waals surface area (Å²) in [5.41, 5.74) is -0.258. The van der Waals surface area contributed by atoms with Gasteiger partial charge in [-0.1, -0.05) is 15.9 Å². The van der Waals surface area contributed by atoms with Crippen molar-refractivity contribution in [1.29, 1.82) is 0 Å². The van der Waals surface area contributed by atoms with Crippen molar-refractivity contribution in [3.63, 3.8) is 0 Å². The maximum absolute atomic E-state index is 12.6. The molecule has 0 amide bonds. The first-order chi connectivity index (χ1) is 7.75. The van der Waals surface area contributed by atoms with Gasteiger partial charge >= 0.3 is 6.18 Å². The van der Waals surface area contributed by atoms with Crippen molar-refractivity contribution in [2.24, 2.45) is 0 Å². The minimum Gasteiger partial charge on any atom is -0.496 e. The third-order valence-corrected chi connectivity index (χ3v) is 2.91. The topological polar surface area (TPSA) is 29.5 Å². The van der Waals surface area contributed by atoms with E-state index in [1.807, 2.05) is 0 Å². The summed E-state index contributed by atoms with van der Waals surface area (Å²) < 4.78 is 42.9. The number of benzene rings is 1. The van der Waals surface area contributed by atoms with Crippen LogP contribution in [0.3, 0.4) is 0 Å². The summed E-state index contributed by atoms with van der Waals surface area (Å²) >= 11 is 3.07. The van der Waals surface area contributed by atoms with E-state index in [-0.39, 0.29) is 16.6 Å². The van der Waals surface area contributed by atoms with Crippen molar-refractivity contribution < 1.29 is 23.0 Å². The molecule has 17 heavy (non-hydrogen) atoms. The number of hydrogen-bond donors (Lipinski definition) is 1. The van der Waals surface area contributed by atoms with Crippen LogP contribution in [0, 0.1) is 0 Å². The first kappa shape index (κ1) is 14.3. The lowest BCUT2D eigenvalue weighted by Crippen LogP contribution is -2.10. The van der Waals surface area contributed by atoms with E-state index in [2.05, 4.69) is 15.9 Å². The Labute approximate surface area is 106 Å². The van der Waals surface area contributed by atoms with Gasteiger partial charge in [-0.05, 0) is 19.1 Å². The van der Waals surface area contributed by atoms with Crippen LogP contribution >= 0.6 is 15.9 Å². The van der Waals surface area contributed by atoms with Gasteiger partial charge in [0.1, 0.15) is 5.75 Å². The normalized spacial score (nSPS) is 13.6. The predicted octanol–water partition coefficient (Wildman–Crippen LogP) is 3.40. The third-order valence-electron chi connectivity index (χ3n) is 2.20. The van der Waals surface area contributed by atoms with Gasteiger partial charge in [-0.15, -0.1) is 0 Å². The van der Waals surface area contributed by atoms with Crippen LogP contribution in [0.15, 0.2) is 16.6 Å². The molecule has 0 fully saturated rings. The molecule has 0 aliphatic carbocycles. The fourth-order valence-corrected chi connectivity index (χ4v) is 2.05. The van der Waals surface area contributed by atoms with Crippen molar-refractivity contribution in [2.75, 3.05) is 7.11 Å². The highest BCUT2D eigenvalue weighted by atomic mass is 79.9. The molecule has 0 bridgehead atoms. The Morgan fingerprint density at radius 3 is 2.41 bits per heavy atom. The number of rotatable bonds is 3. The maximum Gasteiger partial charge on any atom is 0.416 e. The highest BCUT2D eigenvalue weighted by Gasteiger charge is 2.32. The molecular formula is C11H12BrF3O2. The number of hydrogen-bond acceptors (Lipinski definition) is 2. The first-order valence-electron chi connectivity index (χ1n) is 4.87. The summed E-state index contributed by atoms with van der Waals surface area (Å²) in [7, 11) is 1.30. The molecule has 0 radical (unpaired) electrons. The van der Waals surface area contributed by atoms with Crippen LogP contribution in [0.1, 0.15) is 18.1 Å². The lowest BCUT2D eigenvalue weighted by atomic mass is 10.0. The van der Waals surface area contributed by atoms with Crippen molar-refractivity contribution >= 4 is 15.9 Å². The highest BCUT2D eigenvalue weighted by molar-refractivity contribution is 9.10. The van der Waals surface area contributed by atoms with E-state index in [0.29, 0.717) is 5.56 Å². The average molecular weight is 313 g/mol. The summed E-state index contributed by atoms with van der Waals surface area (Å²) in [4.78, 5) is 0. The molecule has 1 atom stereocenters. The van der Waals surface area contributed by atoms with Crippen molar-refractivity contribution in [3.8, 4) is 5.75 Å². The van der Waals surface area contributed by atoms with Gasteiger partial charge in [-0.3, -0.25) is 0 Å². The molecule has 2 nitrogen and oxygen atoms in total. The van der Waals surface area contributed by atoms with Crippen molar-refractivity contribution in [1.82, 2.24) is 0 Å². The molecule has 0 aromatic heterocycles. The van der Waals surface area contributed by atoms with E-state index in [9.17, 15) is 18.3 Å². The molecular weight excluding hydrogens is 301 g/mol. The van der Waals surface area contributed by atoms with Gasteiger partial charge < -0.3 is 9.84 Å². The molecule has 0 spiro atoms. The van der Waals surface area contributed by atoms with Crippen LogP contribution in [-0.2, 0) is 12.6 Å². The molecule has 1 unspecified atom stereocenters. The van der Waals surface area contributed by atoms with Gasteiger partial charge in [0.25, 0.3) is 0 Å². The second-order valence-corrected chi connectivity index (χ2v) is 4.54. The molecule has 1 aromatic carbocycles. The Bertz CT molecular complexity index is 402. The second kappa shape index (κ2) is 5.27. The predicted molar refractivity (Wildman–Crippen MR) is 61.1 cm³/mol. The number of halogens is 4. The largest absolute Gasteiger partial charge is 0.496 e. The van der Waals surface area contributed by atoms with Crippen LogP contribution in [0.2, 0.25) is 0 Å². The number of aliphatic hydroxyl groups excluding tert-OH is 1. The van der Waals surface area contributed by atoms with Crippen LogP contribution < -0.4 is 4.74 Å². The molecule has 1 aromatic rings. The van der Waals surface area contributed by atoms with Crippen molar-refractivity contribution in [2.45, 2.75) is 25.6 Å². The lowest BCUT2D eigenvalue weighted by molar-refractivity contribution is -0.137. The maximum atomic E-state index is 12.6. The van der Waals surface area contributed by atoms with Gasteiger partial charge in [0.05, 0.1) is 18.8 Å². The zero-order valence-corrected chi connectivity index (χ0v) is 10.9. The molecule has 6 heteroatoms. The van der Waals surface area contributed by atoms with Gasteiger partial charge in [-0.25, -0.2) is 0 Å². The van der Waals surface area contributed by atoms with E-state index in [4.69, 9.17) is 4.74 Å². The number of aliphatic hydroxyl groups is 1. The van der Waals surface area contributed by atoms with Crippen LogP contribution in [0.4, 0.5) is 13.2 Å². The fourth-order valence-electron chi connectivity index (χ4n) is 1.45. The number of ether oxygens (including phenoxy) is 1. The fraction of sp³-hybridized carbons (Fsp3) is 0.455. The molecule has 0 saturated carbocycles. The number of methoxy groups -OCH3 is 1. The summed E-state index contributed by atoms with van der Waals surface area (Å²) in [5, 5.41) is 9.28. The van der Waals surface area contributed by atoms with E-state index in [0.717, 1.165) is 12.1 Å². The number of alkyl halides is 3. The molecule has 96 valence electrons. The summed E-state index contributed by atoms with van der Waals surface area (Å²) in [6, 6.07) is 1.92. The summed E-state index contributed by atoms with van der Waals surface area (Å²) in [6.45, 7) is 1.56. The summed E-state index contributed by atoms with van der Waals surface area (Å²) in [6.07, 6.45) is -4.85. The Balaban J connectivity index is 3.26. The standard InChI is InChI=1S/C11H12BrF3O2/c1-6(16)3-8-9(12)4-7(11(13,14)15)5-10(8)17-2/h4-6,16H,3H2,1-2H3. The monoisotopic (exact) mass is 312 g/mol. The average Bonchev–Trinajstić information content (AvgIpc) is 2.18. The zero-order valence-electron chi connectivity index (χ0n) is 9.31. The van der Waals surface area contributed by atoms with Gasteiger partial charge in [0, 0.05) is 16.5 Å². The van der Waals surface area contributed by atoms with Crippen LogP contribution in [0.5, 0.6) is 5.75 Å². The van der Waals surface area contributed by atoms with E-state index in [1.165, 1.54) is 7.11 Å².